The number of nitrogens with zero attached hydrogens (tertiary/aromatic N) is 1. The van der Waals surface area contributed by atoms with E-state index in [1.54, 1.807) is 0 Å². The summed E-state index contributed by atoms with van der Waals surface area (Å²) in [5.41, 5.74) is 6.97. The number of rotatable bonds is 6. The van der Waals surface area contributed by atoms with Crippen molar-refractivity contribution in [3.63, 3.8) is 0 Å². The Morgan fingerprint density at radius 3 is 2.48 bits per heavy atom. The van der Waals surface area contributed by atoms with E-state index < -0.39 is 0 Å². The average Bonchev–Trinajstić information content (AvgIpc) is 2.54. The summed E-state index contributed by atoms with van der Waals surface area (Å²) in [7, 11) is 0. The van der Waals surface area contributed by atoms with Gasteiger partial charge in [0.15, 0.2) is 0 Å². The molecule has 0 aromatic heterocycles. The van der Waals surface area contributed by atoms with Crippen molar-refractivity contribution < 1.29 is 9.53 Å². The monoisotopic (exact) mass is 290 g/mol. The van der Waals surface area contributed by atoms with Crippen molar-refractivity contribution in [2.75, 3.05) is 26.2 Å². The normalized spacial score (nSPS) is 16.6. The van der Waals surface area contributed by atoms with Crippen molar-refractivity contribution in [3.8, 4) is 5.75 Å². The zero-order valence-corrected chi connectivity index (χ0v) is 12.9. The molecule has 0 aliphatic carbocycles. The third kappa shape index (κ3) is 4.46. The molecule has 1 aromatic carbocycles. The van der Waals surface area contributed by atoms with Crippen molar-refractivity contribution in [2.45, 2.75) is 32.6 Å². The predicted octanol–water partition coefficient (Wildman–Crippen LogP) is 2.22. The summed E-state index contributed by atoms with van der Waals surface area (Å²) in [5.74, 6) is 0.972. The number of likely N-dealkylation sites (tertiary alicyclic amines) is 1. The van der Waals surface area contributed by atoms with Crippen molar-refractivity contribution in [1.29, 1.82) is 0 Å². The Bertz CT molecular complexity index is 439. The molecule has 116 valence electrons. The number of amides is 1. The first-order valence-corrected chi connectivity index (χ1v) is 7.95. The van der Waals surface area contributed by atoms with E-state index in [1.165, 1.54) is 6.42 Å². The maximum absolute atomic E-state index is 12.5. The molecule has 1 aromatic rings. The fourth-order valence-electron chi connectivity index (χ4n) is 2.82. The van der Waals surface area contributed by atoms with Gasteiger partial charge >= 0.3 is 0 Å². The minimum atomic E-state index is -0.110. The molecule has 1 aliphatic heterocycles. The molecular weight excluding hydrogens is 264 g/mol. The molecule has 21 heavy (non-hydrogen) atoms. The van der Waals surface area contributed by atoms with E-state index in [2.05, 4.69) is 0 Å². The van der Waals surface area contributed by atoms with E-state index in [-0.39, 0.29) is 11.8 Å². The number of ether oxygens (including phenoxy) is 1. The summed E-state index contributed by atoms with van der Waals surface area (Å²) in [6, 6.07) is 7.96. The van der Waals surface area contributed by atoms with Gasteiger partial charge in [0.1, 0.15) is 5.75 Å². The van der Waals surface area contributed by atoms with Crippen LogP contribution in [0.2, 0.25) is 0 Å². The van der Waals surface area contributed by atoms with Crippen LogP contribution in [0.4, 0.5) is 0 Å². The molecule has 1 unspecified atom stereocenters. The topological polar surface area (TPSA) is 55.6 Å². The van der Waals surface area contributed by atoms with E-state index >= 15 is 0 Å². The minimum absolute atomic E-state index is 0.110. The van der Waals surface area contributed by atoms with Crippen LogP contribution < -0.4 is 10.5 Å². The number of piperidine rings is 1. The van der Waals surface area contributed by atoms with Crippen molar-refractivity contribution in [1.82, 2.24) is 4.90 Å². The molecular formula is C17H26N2O2. The van der Waals surface area contributed by atoms with Crippen LogP contribution in [0.1, 0.15) is 31.7 Å². The Morgan fingerprint density at radius 1 is 1.24 bits per heavy atom. The summed E-state index contributed by atoms with van der Waals surface area (Å²) in [5, 5.41) is 0. The number of hydrogen-bond donors (Lipinski definition) is 1. The second-order valence-electron chi connectivity index (χ2n) is 5.60. The van der Waals surface area contributed by atoms with Gasteiger partial charge in [-0.2, -0.15) is 0 Å². The molecule has 0 spiro atoms. The molecule has 1 fully saturated rings. The molecule has 1 heterocycles. The van der Waals surface area contributed by atoms with Crippen LogP contribution in [-0.4, -0.2) is 37.0 Å². The lowest BCUT2D eigenvalue weighted by Crippen LogP contribution is -2.42. The van der Waals surface area contributed by atoms with E-state index in [4.69, 9.17) is 10.5 Å². The number of carbonyl (C=O) groups excluding carboxylic acids is 1. The van der Waals surface area contributed by atoms with Gasteiger partial charge in [-0.15, -0.1) is 0 Å². The highest BCUT2D eigenvalue weighted by Crippen LogP contribution is 2.18. The molecule has 4 heteroatoms. The highest BCUT2D eigenvalue weighted by Gasteiger charge is 2.24. The second-order valence-corrected chi connectivity index (χ2v) is 5.60. The SMILES string of the molecule is CCOc1ccc(CC(CN)C(=O)N2CCCCC2)cc1. The van der Waals surface area contributed by atoms with Crippen LogP contribution in [0.25, 0.3) is 0 Å². The average molecular weight is 290 g/mol. The van der Waals surface area contributed by atoms with E-state index in [0.717, 1.165) is 37.2 Å². The molecule has 0 saturated carbocycles. The lowest BCUT2D eigenvalue weighted by Gasteiger charge is -2.30. The van der Waals surface area contributed by atoms with E-state index in [9.17, 15) is 4.79 Å². The lowest BCUT2D eigenvalue weighted by molar-refractivity contribution is -0.136. The molecule has 0 bridgehead atoms. The Morgan fingerprint density at radius 2 is 1.90 bits per heavy atom. The fourth-order valence-corrected chi connectivity index (χ4v) is 2.82. The summed E-state index contributed by atoms with van der Waals surface area (Å²) in [6.07, 6.45) is 4.17. The smallest absolute Gasteiger partial charge is 0.227 e. The van der Waals surface area contributed by atoms with Crippen LogP contribution in [0.15, 0.2) is 24.3 Å². The second kappa shape index (κ2) is 8.03. The number of benzene rings is 1. The Balaban J connectivity index is 1.95. The third-order valence-corrected chi connectivity index (χ3v) is 4.02. The zero-order chi connectivity index (χ0) is 15.1. The lowest BCUT2D eigenvalue weighted by atomic mass is 9.97. The molecule has 1 saturated heterocycles. The molecule has 4 nitrogen and oxygen atoms in total. The van der Waals surface area contributed by atoms with Gasteiger partial charge in [-0.1, -0.05) is 12.1 Å². The summed E-state index contributed by atoms with van der Waals surface area (Å²) in [4.78, 5) is 14.5. The van der Waals surface area contributed by atoms with Gasteiger partial charge in [0.05, 0.1) is 12.5 Å². The number of nitrogens with two attached hydrogens (primary N) is 1. The van der Waals surface area contributed by atoms with Crippen molar-refractivity contribution in [3.05, 3.63) is 29.8 Å². The van der Waals surface area contributed by atoms with E-state index in [1.807, 2.05) is 36.1 Å². The third-order valence-electron chi connectivity index (χ3n) is 4.02. The van der Waals surface area contributed by atoms with E-state index in [0.29, 0.717) is 19.6 Å². The highest BCUT2D eigenvalue weighted by molar-refractivity contribution is 5.79. The van der Waals surface area contributed by atoms with Gasteiger partial charge in [-0.25, -0.2) is 0 Å². The van der Waals surface area contributed by atoms with Gasteiger partial charge in [0.25, 0.3) is 0 Å². The van der Waals surface area contributed by atoms with Gasteiger partial charge in [-0.05, 0) is 50.3 Å². The first-order valence-electron chi connectivity index (χ1n) is 7.95. The fraction of sp³-hybridized carbons (Fsp3) is 0.588. The minimum Gasteiger partial charge on any atom is -0.494 e. The molecule has 1 atom stereocenters. The van der Waals surface area contributed by atoms with Crippen LogP contribution >= 0.6 is 0 Å². The Kier molecular flexibility index (Phi) is 6.05. The molecule has 2 rings (SSSR count). The quantitative estimate of drug-likeness (QED) is 0.874. The Labute approximate surface area is 127 Å². The Hall–Kier alpha value is -1.55. The number of carbonyl (C=O) groups is 1. The zero-order valence-electron chi connectivity index (χ0n) is 12.9. The van der Waals surface area contributed by atoms with Crippen LogP contribution in [0.5, 0.6) is 5.75 Å². The maximum Gasteiger partial charge on any atom is 0.227 e. The van der Waals surface area contributed by atoms with Crippen LogP contribution in [0.3, 0.4) is 0 Å². The van der Waals surface area contributed by atoms with Gasteiger partial charge in [-0.3, -0.25) is 4.79 Å². The van der Waals surface area contributed by atoms with Crippen molar-refractivity contribution in [2.24, 2.45) is 11.7 Å². The van der Waals surface area contributed by atoms with Crippen LogP contribution in [0, 0.1) is 5.92 Å². The summed E-state index contributed by atoms with van der Waals surface area (Å²) < 4.78 is 5.43. The van der Waals surface area contributed by atoms with Gasteiger partial charge in [0.2, 0.25) is 5.91 Å². The summed E-state index contributed by atoms with van der Waals surface area (Å²) >= 11 is 0. The largest absolute Gasteiger partial charge is 0.494 e. The first-order chi connectivity index (χ1) is 10.2. The molecule has 0 radical (unpaired) electrons. The molecule has 1 amide bonds. The summed E-state index contributed by atoms with van der Waals surface area (Å²) in [6.45, 7) is 4.81. The van der Waals surface area contributed by atoms with Crippen LogP contribution in [-0.2, 0) is 11.2 Å². The van der Waals surface area contributed by atoms with Gasteiger partial charge in [0, 0.05) is 19.6 Å². The van der Waals surface area contributed by atoms with Crippen molar-refractivity contribution >= 4 is 5.91 Å². The standard InChI is InChI=1S/C17H26N2O2/c1-2-21-16-8-6-14(7-9-16)12-15(13-18)17(20)19-10-4-3-5-11-19/h6-9,15H,2-5,10-13,18H2,1H3. The highest BCUT2D eigenvalue weighted by atomic mass is 16.5. The molecule has 2 N–H and O–H groups in total. The maximum atomic E-state index is 12.5. The molecule has 1 aliphatic rings. The predicted molar refractivity (Wildman–Crippen MR) is 84.3 cm³/mol. The number of hydrogen-bond acceptors (Lipinski definition) is 3. The first kappa shape index (κ1) is 15.8. The van der Waals surface area contributed by atoms with Gasteiger partial charge < -0.3 is 15.4 Å².